The summed E-state index contributed by atoms with van der Waals surface area (Å²) in [7, 11) is 0. The molecule has 0 aromatic heterocycles. The molecular weight excluding hydrogens is 151 g/mol. The maximum atomic E-state index is 12.9. The number of hydrogen-bond acceptors (Lipinski definition) is 0. The van der Waals surface area contributed by atoms with E-state index in [-0.39, 0.29) is 5.82 Å². The lowest BCUT2D eigenvalue weighted by Crippen LogP contribution is -1.87. The van der Waals surface area contributed by atoms with E-state index in [2.05, 4.69) is 0 Å². The molecule has 1 aromatic rings. The van der Waals surface area contributed by atoms with Gasteiger partial charge in [-0.15, -0.1) is 0 Å². The lowest BCUT2D eigenvalue weighted by Gasteiger charge is -2.00. The maximum absolute atomic E-state index is 12.9. The van der Waals surface area contributed by atoms with Crippen LogP contribution in [0.3, 0.4) is 0 Å². The van der Waals surface area contributed by atoms with Crippen LogP contribution in [0.5, 0.6) is 0 Å². The number of aryl methyl sites for hydroxylation is 1. The molecule has 0 spiro atoms. The predicted molar refractivity (Wildman–Crippen MR) is 40.9 cm³/mol. The third-order valence-corrected chi connectivity index (χ3v) is 1.92. The van der Waals surface area contributed by atoms with Crippen molar-refractivity contribution in [2.75, 3.05) is 0 Å². The summed E-state index contributed by atoms with van der Waals surface area (Å²) in [6.45, 7) is 3.39. The molecule has 0 aliphatic carbocycles. The van der Waals surface area contributed by atoms with Crippen molar-refractivity contribution in [3.05, 3.63) is 34.1 Å². The summed E-state index contributed by atoms with van der Waals surface area (Å²) in [5.41, 5.74) is 1.17. The van der Waals surface area contributed by atoms with E-state index in [4.69, 9.17) is 11.6 Å². The van der Waals surface area contributed by atoms with E-state index < -0.39 is 0 Å². The third-order valence-electron chi connectivity index (χ3n) is 1.51. The van der Waals surface area contributed by atoms with Gasteiger partial charge in [0.25, 0.3) is 0 Å². The van der Waals surface area contributed by atoms with Crippen LogP contribution in [0.25, 0.3) is 0 Å². The number of benzene rings is 1. The summed E-state index contributed by atoms with van der Waals surface area (Å²) in [6, 6.07) is 3.37. The zero-order valence-electron chi connectivity index (χ0n) is 5.91. The van der Waals surface area contributed by atoms with Gasteiger partial charge in [-0.05, 0) is 25.5 Å². The maximum Gasteiger partial charge on any atom is 0.130 e. The van der Waals surface area contributed by atoms with Gasteiger partial charge in [-0.25, -0.2) is 4.39 Å². The smallest absolute Gasteiger partial charge is 0.130 e. The van der Waals surface area contributed by atoms with Crippen LogP contribution in [0.2, 0.25) is 5.02 Å². The minimum Gasteiger partial charge on any atom is -0.206 e. The van der Waals surface area contributed by atoms with E-state index in [0.717, 1.165) is 0 Å². The molecule has 0 atom stereocenters. The Balaban J connectivity index is 3.34. The van der Waals surface area contributed by atoms with Crippen molar-refractivity contribution in [1.29, 1.82) is 0 Å². The van der Waals surface area contributed by atoms with Gasteiger partial charge in [0, 0.05) is 10.6 Å². The Kier molecular flexibility index (Phi) is 1.95. The van der Waals surface area contributed by atoms with Gasteiger partial charge in [0.15, 0.2) is 0 Å². The highest BCUT2D eigenvalue weighted by Crippen LogP contribution is 2.19. The Hall–Kier alpha value is -0.560. The second-order valence-electron chi connectivity index (χ2n) is 2.30. The first kappa shape index (κ1) is 7.55. The van der Waals surface area contributed by atoms with Crippen LogP contribution in [0.4, 0.5) is 4.39 Å². The normalized spacial score (nSPS) is 10.0. The van der Waals surface area contributed by atoms with Crippen LogP contribution in [-0.4, -0.2) is 0 Å². The van der Waals surface area contributed by atoms with Crippen molar-refractivity contribution < 1.29 is 4.39 Å². The van der Waals surface area contributed by atoms with Crippen LogP contribution >= 0.6 is 11.6 Å². The molecule has 0 saturated heterocycles. The fourth-order valence-electron chi connectivity index (χ4n) is 0.797. The van der Waals surface area contributed by atoms with E-state index in [9.17, 15) is 4.39 Å². The molecule has 0 unspecified atom stereocenters. The largest absolute Gasteiger partial charge is 0.206 e. The van der Waals surface area contributed by atoms with Gasteiger partial charge in [0.05, 0.1) is 0 Å². The van der Waals surface area contributed by atoms with Crippen molar-refractivity contribution in [3.63, 3.8) is 0 Å². The highest BCUT2D eigenvalue weighted by Gasteiger charge is 2.03. The summed E-state index contributed by atoms with van der Waals surface area (Å²) in [4.78, 5) is 0. The minimum absolute atomic E-state index is 0.201. The summed E-state index contributed by atoms with van der Waals surface area (Å²) in [6.07, 6.45) is 0. The molecule has 0 aliphatic rings. The molecule has 0 N–H and O–H groups in total. The number of halogens is 2. The Labute approximate surface area is 64.6 Å². The van der Waals surface area contributed by atoms with E-state index in [1.54, 1.807) is 26.0 Å². The van der Waals surface area contributed by atoms with E-state index in [0.29, 0.717) is 16.1 Å². The Morgan fingerprint density at radius 1 is 1.30 bits per heavy atom. The molecular formula is C8H8ClF. The molecule has 1 aromatic carbocycles. The van der Waals surface area contributed by atoms with Crippen molar-refractivity contribution in [1.82, 2.24) is 0 Å². The molecule has 10 heavy (non-hydrogen) atoms. The molecule has 0 fully saturated rings. The molecule has 1 rings (SSSR count). The molecule has 0 nitrogen and oxygen atoms in total. The standard InChI is InChI=1S/C8H8ClF/c1-5-3-4-7(9)6(2)8(5)10/h3-4H,1-2H3. The van der Waals surface area contributed by atoms with E-state index in [1.807, 2.05) is 0 Å². The van der Waals surface area contributed by atoms with Gasteiger partial charge >= 0.3 is 0 Å². The fraction of sp³-hybridized carbons (Fsp3) is 0.250. The van der Waals surface area contributed by atoms with Crippen LogP contribution in [0.1, 0.15) is 11.1 Å². The van der Waals surface area contributed by atoms with Gasteiger partial charge in [0.2, 0.25) is 0 Å². The highest BCUT2D eigenvalue weighted by molar-refractivity contribution is 6.31. The average Bonchev–Trinajstić information content (AvgIpc) is 1.93. The summed E-state index contributed by atoms with van der Waals surface area (Å²) in [5, 5.41) is 0.489. The molecule has 0 radical (unpaired) electrons. The summed E-state index contributed by atoms with van der Waals surface area (Å²) in [5.74, 6) is -0.201. The van der Waals surface area contributed by atoms with Gasteiger partial charge in [0.1, 0.15) is 5.82 Å². The topological polar surface area (TPSA) is 0 Å². The van der Waals surface area contributed by atoms with Crippen molar-refractivity contribution in [3.8, 4) is 0 Å². The third kappa shape index (κ3) is 1.14. The second kappa shape index (κ2) is 2.59. The van der Waals surface area contributed by atoms with E-state index >= 15 is 0 Å². The first-order valence-corrected chi connectivity index (χ1v) is 3.42. The van der Waals surface area contributed by atoms with Gasteiger partial charge in [-0.3, -0.25) is 0 Å². The van der Waals surface area contributed by atoms with Crippen LogP contribution < -0.4 is 0 Å². The average molecular weight is 159 g/mol. The van der Waals surface area contributed by atoms with Crippen molar-refractivity contribution in [2.24, 2.45) is 0 Å². The monoisotopic (exact) mass is 158 g/mol. The highest BCUT2D eigenvalue weighted by atomic mass is 35.5. The summed E-state index contributed by atoms with van der Waals surface area (Å²) < 4.78 is 12.9. The van der Waals surface area contributed by atoms with E-state index in [1.165, 1.54) is 0 Å². The number of rotatable bonds is 0. The molecule has 54 valence electrons. The fourth-order valence-corrected chi connectivity index (χ4v) is 0.943. The molecule has 0 saturated carbocycles. The second-order valence-corrected chi connectivity index (χ2v) is 2.71. The SMILES string of the molecule is Cc1ccc(Cl)c(C)c1F. The minimum atomic E-state index is -0.201. The molecule has 2 heteroatoms. The van der Waals surface area contributed by atoms with Gasteiger partial charge in [-0.1, -0.05) is 17.7 Å². The van der Waals surface area contributed by atoms with Crippen LogP contribution in [0.15, 0.2) is 12.1 Å². The predicted octanol–water partition coefficient (Wildman–Crippen LogP) is 3.10. The molecule has 0 amide bonds. The summed E-state index contributed by atoms with van der Waals surface area (Å²) >= 11 is 5.65. The first-order chi connectivity index (χ1) is 4.63. The Bertz CT molecular complexity index is 229. The Morgan fingerprint density at radius 2 is 1.90 bits per heavy atom. The zero-order valence-corrected chi connectivity index (χ0v) is 6.67. The molecule has 0 bridgehead atoms. The van der Waals surface area contributed by atoms with Crippen molar-refractivity contribution >= 4 is 11.6 Å². The first-order valence-electron chi connectivity index (χ1n) is 3.04. The van der Waals surface area contributed by atoms with Gasteiger partial charge < -0.3 is 0 Å². The van der Waals surface area contributed by atoms with Crippen LogP contribution in [0, 0.1) is 19.7 Å². The Morgan fingerprint density at radius 3 is 2.40 bits per heavy atom. The van der Waals surface area contributed by atoms with Gasteiger partial charge in [-0.2, -0.15) is 0 Å². The quantitative estimate of drug-likeness (QED) is 0.544. The lowest BCUT2D eigenvalue weighted by molar-refractivity contribution is 0.609. The lowest BCUT2D eigenvalue weighted by atomic mass is 10.1. The molecule has 0 heterocycles. The van der Waals surface area contributed by atoms with Crippen molar-refractivity contribution in [2.45, 2.75) is 13.8 Å². The zero-order chi connectivity index (χ0) is 7.72. The molecule has 0 aliphatic heterocycles. The van der Waals surface area contributed by atoms with Crippen LogP contribution in [-0.2, 0) is 0 Å². The number of hydrogen-bond donors (Lipinski definition) is 0.